The van der Waals surface area contributed by atoms with Crippen LogP contribution in [0.4, 0.5) is 0 Å². The molecule has 3 nitrogen and oxygen atoms in total. The van der Waals surface area contributed by atoms with Crippen LogP contribution in [0.5, 0.6) is 0 Å². The highest BCUT2D eigenvalue weighted by atomic mass is 79.9. The summed E-state index contributed by atoms with van der Waals surface area (Å²) in [5.41, 5.74) is 0.660. The molecule has 0 bridgehead atoms. The number of nitrogens with two attached hydrogens (primary N) is 1. The quantitative estimate of drug-likeness (QED) is 0.858. The molecule has 0 spiro atoms. The molecule has 0 saturated heterocycles. The van der Waals surface area contributed by atoms with Gasteiger partial charge >= 0.3 is 0 Å². The second-order valence-electron chi connectivity index (χ2n) is 2.53. The molecule has 1 aromatic rings. The van der Waals surface area contributed by atoms with Crippen LogP contribution in [0.25, 0.3) is 0 Å². The lowest BCUT2D eigenvalue weighted by atomic mass is 10.2. The van der Waals surface area contributed by atoms with Gasteiger partial charge < -0.3 is 0 Å². The number of primary sulfonamides is 1. The van der Waals surface area contributed by atoms with Crippen LogP contribution in [0.2, 0.25) is 5.02 Å². The van der Waals surface area contributed by atoms with E-state index in [0.29, 0.717) is 5.56 Å². The summed E-state index contributed by atoms with van der Waals surface area (Å²) in [4.78, 5) is -0.0464. The Bertz CT molecular complexity index is 444. The van der Waals surface area contributed by atoms with Crippen LogP contribution in [0.1, 0.15) is 5.56 Å². The zero-order valence-corrected chi connectivity index (χ0v) is 9.87. The van der Waals surface area contributed by atoms with E-state index in [9.17, 15) is 8.42 Å². The maximum atomic E-state index is 11.0. The van der Waals surface area contributed by atoms with Crippen molar-refractivity contribution < 1.29 is 8.42 Å². The summed E-state index contributed by atoms with van der Waals surface area (Å²) in [5, 5.41) is 5.11. The van der Waals surface area contributed by atoms with Gasteiger partial charge in [0, 0.05) is 4.47 Å². The smallest absolute Gasteiger partial charge is 0.225 e. The van der Waals surface area contributed by atoms with Crippen molar-refractivity contribution in [3.63, 3.8) is 0 Å². The van der Waals surface area contributed by atoms with E-state index in [1.165, 1.54) is 6.07 Å². The van der Waals surface area contributed by atoms with Gasteiger partial charge in [0.05, 0.1) is 5.02 Å². The van der Waals surface area contributed by atoms with Crippen molar-refractivity contribution in [3.8, 4) is 0 Å². The van der Waals surface area contributed by atoms with E-state index in [0.717, 1.165) is 4.47 Å². The average Bonchev–Trinajstić information content (AvgIpc) is 1.98. The van der Waals surface area contributed by atoms with Crippen molar-refractivity contribution in [1.82, 2.24) is 0 Å². The summed E-state index contributed by atoms with van der Waals surface area (Å²) in [5.74, 6) is 0. The van der Waals surface area contributed by atoms with E-state index in [-0.39, 0.29) is 9.92 Å². The molecule has 0 aliphatic heterocycles. The van der Waals surface area contributed by atoms with Crippen molar-refractivity contribution in [1.29, 1.82) is 0 Å². The van der Waals surface area contributed by atoms with E-state index >= 15 is 0 Å². The Morgan fingerprint density at radius 2 is 2.00 bits per heavy atom. The van der Waals surface area contributed by atoms with Gasteiger partial charge in [0.25, 0.3) is 0 Å². The molecule has 0 saturated carbocycles. The monoisotopic (exact) mass is 283 g/mol. The lowest BCUT2D eigenvalue weighted by molar-refractivity contribution is 0.597. The number of rotatable bonds is 1. The van der Waals surface area contributed by atoms with Crippen LogP contribution in [-0.2, 0) is 10.0 Å². The van der Waals surface area contributed by atoms with Gasteiger partial charge in [-0.1, -0.05) is 27.5 Å². The van der Waals surface area contributed by atoms with Crippen LogP contribution in [0.15, 0.2) is 21.5 Å². The Kier molecular flexibility index (Phi) is 3.01. The van der Waals surface area contributed by atoms with Gasteiger partial charge in [-0.05, 0) is 24.6 Å². The van der Waals surface area contributed by atoms with Gasteiger partial charge in [-0.2, -0.15) is 0 Å². The SMILES string of the molecule is Cc1c(Br)ccc(S(N)(=O)=O)c1Cl. The second kappa shape index (κ2) is 3.57. The summed E-state index contributed by atoms with van der Waals surface area (Å²) >= 11 is 9.02. The molecular formula is C7H7BrClNO2S. The molecule has 13 heavy (non-hydrogen) atoms. The van der Waals surface area contributed by atoms with Gasteiger partial charge in [0.15, 0.2) is 0 Å². The van der Waals surface area contributed by atoms with E-state index in [2.05, 4.69) is 15.9 Å². The molecule has 0 unspecified atom stereocenters. The number of hydrogen-bond acceptors (Lipinski definition) is 2. The Morgan fingerprint density at radius 1 is 1.46 bits per heavy atom. The highest BCUT2D eigenvalue weighted by Gasteiger charge is 2.15. The molecule has 72 valence electrons. The molecule has 0 atom stereocenters. The Balaban J connectivity index is 3.53. The highest BCUT2D eigenvalue weighted by molar-refractivity contribution is 9.10. The van der Waals surface area contributed by atoms with Gasteiger partial charge in [0.2, 0.25) is 10.0 Å². The van der Waals surface area contributed by atoms with Crippen LogP contribution in [0, 0.1) is 6.92 Å². The predicted molar refractivity (Wildman–Crippen MR) is 55.3 cm³/mol. The molecule has 2 N–H and O–H groups in total. The molecule has 0 aliphatic carbocycles. The highest BCUT2D eigenvalue weighted by Crippen LogP contribution is 2.29. The third-order valence-corrected chi connectivity index (χ3v) is 4.00. The molecule has 0 aliphatic rings. The average molecular weight is 285 g/mol. The molecule has 1 rings (SSSR count). The molecule has 0 amide bonds. The fourth-order valence-electron chi connectivity index (χ4n) is 0.856. The minimum atomic E-state index is -3.73. The largest absolute Gasteiger partial charge is 0.239 e. The van der Waals surface area contributed by atoms with Crippen molar-refractivity contribution in [2.75, 3.05) is 0 Å². The Morgan fingerprint density at radius 3 is 2.46 bits per heavy atom. The van der Waals surface area contributed by atoms with E-state index in [4.69, 9.17) is 16.7 Å². The minimum Gasteiger partial charge on any atom is -0.225 e. The molecule has 0 heterocycles. The Labute approximate surface area is 90.1 Å². The topological polar surface area (TPSA) is 60.2 Å². The van der Waals surface area contributed by atoms with Crippen molar-refractivity contribution in [3.05, 3.63) is 27.2 Å². The maximum Gasteiger partial charge on any atom is 0.239 e. The number of benzene rings is 1. The number of hydrogen-bond donors (Lipinski definition) is 1. The fraction of sp³-hybridized carbons (Fsp3) is 0.143. The first-order valence-electron chi connectivity index (χ1n) is 3.31. The first kappa shape index (κ1) is 11.0. The normalized spacial score (nSPS) is 11.7. The predicted octanol–water partition coefficient (Wildman–Crippen LogP) is 2.06. The third-order valence-electron chi connectivity index (χ3n) is 1.59. The van der Waals surface area contributed by atoms with Gasteiger partial charge in [-0.25, -0.2) is 13.6 Å². The van der Waals surface area contributed by atoms with Gasteiger partial charge in [0.1, 0.15) is 4.90 Å². The fourth-order valence-corrected chi connectivity index (χ4v) is 2.45. The lowest BCUT2D eigenvalue weighted by Crippen LogP contribution is -2.13. The van der Waals surface area contributed by atoms with E-state index in [1.807, 2.05) is 0 Å². The minimum absolute atomic E-state index is 0.0464. The first-order chi connectivity index (χ1) is 5.84. The van der Waals surface area contributed by atoms with E-state index in [1.54, 1.807) is 13.0 Å². The van der Waals surface area contributed by atoms with Crippen molar-refractivity contribution in [2.45, 2.75) is 11.8 Å². The van der Waals surface area contributed by atoms with Gasteiger partial charge in [-0.15, -0.1) is 0 Å². The molecular weight excluding hydrogens is 278 g/mol. The van der Waals surface area contributed by atoms with Gasteiger partial charge in [-0.3, -0.25) is 0 Å². The maximum absolute atomic E-state index is 11.0. The van der Waals surface area contributed by atoms with Crippen LogP contribution < -0.4 is 5.14 Å². The summed E-state index contributed by atoms with van der Waals surface area (Å²) in [6.45, 7) is 1.71. The first-order valence-corrected chi connectivity index (χ1v) is 6.03. The number of sulfonamides is 1. The standard InChI is InChI=1S/C7H7BrClNO2S/c1-4-5(8)2-3-6(7(4)9)13(10,11)12/h2-3H,1H3,(H2,10,11,12). The molecule has 0 aromatic heterocycles. The zero-order valence-electron chi connectivity index (χ0n) is 6.71. The number of halogens is 2. The summed E-state index contributed by atoms with van der Waals surface area (Å²) in [6, 6.07) is 2.97. The Hall–Kier alpha value is -0.100. The van der Waals surface area contributed by atoms with Crippen LogP contribution in [-0.4, -0.2) is 8.42 Å². The molecule has 1 aromatic carbocycles. The molecule has 6 heteroatoms. The van der Waals surface area contributed by atoms with Crippen molar-refractivity contribution >= 4 is 37.6 Å². The summed E-state index contributed by atoms with van der Waals surface area (Å²) in [6.07, 6.45) is 0. The lowest BCUT2D eigenvalue weighted by Gasteiger charge is -2.05. The van der Waals surface area contributed by atoms with Crippen molar-refractivity contribution in [2.24, 2.45) is 5.14 Å². The third kappa shape index (κ3) is 2.22. The molecule has 0 radical (unpaired) electrons. The second-order valence-corrected chi connectivity index (χ2v) is 5.29. The van der Waals surface area contributed by atoms with Crippen LogP contribution in [0.3, 0.4) is 0 Å². The van der Waals surface area contributed by atoms with Crippen LogP contribution >= 0.6 is 27.5 Å². The summed E-state index contributed by atoms with van der Waals surface area (Å²) < 4.78 is 22.7. The zero-order chi connectivity index (χ0) is 10.2. The molecule has 0 fully saturated rings. The van der Waals surface area contributed by atoms with E-state index < -0.39 is 10.0 Å². The summed E-state index contributed by atoms with van der Waals surface area (Å²) in [7, 11) is -3.73.